The molecule has 4 rings (SSSR count). The van der Waals surface area contributed by atoms with Crippen LogP contribution >= 0.6 is 23.4 Å². The van der Waals surface area contributed by atoms with E-state index in [-0.39, 0.29) is 5.41 Å². The summed E-state index contributed by atoms with van der Waals surface area (Å²) in [5.74, 6) is 3.62. The fraction of sp³-hybridized carbons (Fsp3) is 0.409. The van der Waals surface area contributed by atoms with Crippen LogP contribution in [0.4, 0.5) is 5.69 Å². The number of benzene rings is 2. The van der Waals surface area contributed by atoms with Crippen molar-refractivity contribution in [1.82, 2.24) is 0 Å². The van der Waals surface area contributed by atoms with Crippen LogP contribution in [-0.4, -0.2) is 17.3 Å². The number of nitrogens with one attached hydrogen (secondary N) is 1. The first kappa shape index (κ1) is 17.9. The number of halogens is 1. The minimum Gasteiger partial charge on any atom is -0.343 e. The number of thioether (sulfide) groups is 1. The zero-order chi connectivity index (χ0) is 18.1. The Morgan fingerprint density at radius 2 is 1.88 bits per heavy atom. The highest BCUT2D eigenvalue weighted by Gasteiger charge is 2.42. The molecular weight excluding hydrogens is 360 g/mol. The zero-order valence-electron chi connectivity index (χ0n) is 15.4. The van der Waals surface area contributed by atoms with E-state index in [4.69, 9.17) is 16.6 Å². The summed E-state index contributed by atoms with van der Waals surface area (Å²) >= 11 is 8.22. The molecule has 2 heterocycles. The molecule has 2 aliphatic heterocycles. The fourth-order valence-electron chi connectivity index (χ4n) is 4.13. The van der Waals surface area contributed by atoms with Crippen LogP contribution < -0.4 is 5.32 Å². The number of aliphatic imine (C=N–C) groups is 1. The van der Waals surface area contributed by atoms with Gasteiger partial charge in [-0.3, -0.25) is 4.99 Å². The summed E-state index contributed by atoms with van der Waals surface area (Å²) in [5.41, 5.74) is 6.79. The summed E-state index contributed by atoms with van der Waals surface area (Å²) in [7, 11) is 0. The second kappa shape index (κ2) is 7.28. The normalized spacial score (nSPS) is 20.0. The molecule has 136 valence electrons. The molecule has 1 N–H and O–H groups in total. The van der Waals surface area contributed by atoms with Crippen molar-refractivity contribution in [2.24, 2.45) is 10.4 Å². The number of aryl methyl sites for hydroxylation is 2. The van der Waals surface area contributed by atoms with E-state index in [1.54, 1.807) is 0 Å². The van der Waals surface area contributed by atoms with Gasteiger partial charge in [0, 0.05) is 16.1 Å². The van der Waals surface area contributed by atoms with Crippen molar-refractivity contribution in [1.29, 1.82) is 0 Å². The molecule has 1 spiro atoms. The van der Waals surface area contributed by atoms with Crippen molar-refractivity contribution in [3.8, 4) is 0 Å². The van der Waals surface area contributed by atoms with Crippen LogP contribution in [0.2, 0.25) is 5.02 Å². The average molecular weight is 385 g/mol. The van der Waals surface area contributed by atoms with E-state index in [2.05, 4.69) is 49.1 Å². The first-order valence-electron chi connectivity index (χ1n) is 9.31. The van der Waals surface area contributed by atoms with Crippen molar-refractivity contribution in [3.05, 3.63) is 63.7 Å². The van der Waals surface area contributed by atoms with Crippen molar-refractivity contribution >= 4 is 34.9 Å². The lowest BCUT2D eigenvalue weighted by Crippen LogP contribution is -2.45. The molecule has 2 nitrogen and oxygen atoms in total. The molecule has 0 saturated carbocycles. The Balaban J connectivity index is 1.72. The minimum absolute atomic E-state index is 0.162. The van der Waals surface area contributed by atoms with Gasteiger partial charge in [0.2, 0.25) is 0 Å². The Bertz CT molecular complexity index is 853. The van der Waals surface area contributed by atoms with Crippen molar-refractivity contribution in [2.45, 2.75) is 39.7 Å². The topological polar surface area (TPSA) is 24.4 Å². The van der Waals surface area contributed by atoms with E-state index < -0.39 is 0 Å². The number of rotatable bonds is 2. The van der Waals surface area contributed by atoms with Crippen LogP contribution in [-0.2, 0) is 13.0 Å². The number of anilines is 1. The number of fused-ring (bicyclic) bond motifs is 1. The van der Waals surface area contributed by atoms with Crippen LogP contribution in [0.1, 0.15) is 35.1 Å². The molecule has 4 heteroatoms. The highest BCUT2D eigenvalue weighted by molar-refractivity contribution is 7.99. The van der Waals surface area contributed by atoms with Crippen LogP contribution in [0.15, 0.2) is 41.4 Å². The Kier molecular flexibility index (Phi) is 5.02. The van der Waals surface area contributed by atoms with Crippen LogP contribution in [0.5, 0.6) is 0 Å². The number of hydrogen-bond donors (Lipinski definition) is 1. The van der Waals surface area contributed by atoms with E-state index in [0.717, 1.165) is 11.4 Å². The molecule has 0 aromatic heterocycles. The Labute approximate surface area is 165 Å². The molecule has 0 radical (unpaired) electrons. The lowest BCUT2D eigenvalue weighted by atomic mass is 9.71. The van der Waals surface area contributed by atoms with E-state index in [9.17, 15) is 0 Å². The third kappa shape index (κ3) is 3.39. The van der Waals surface area contributed by atoms with Gasteiger partial charge in [-0.15, -0.1) is 0 Å². The number of amidine groups is 1. The van der Waals surface area contributed by atoms with Crippen molar-refractivity contribution in [3.63, 3.8) is 0 Å². The van der Waals surface area contributed by atoms with E-state index in [0.29, 0.717) is 6.54 Å². The Hall–Kier alpha value is -1.45. The molecule has 0 bridgehead atoms. The molecule has 0 unspecified atom stereocenters. The summed E-state index contributed by atoms with van der Waals surface area (Å²) in [5, 5.41) is 4.54. The minimum atomic E-state index is 0.162. The summed E-state index contributed by atoms with van der Waals surface area (Å²) < 4.78 is 0. The van der Waals surface area contributed by atoms with Gasteiger partial charge in [-0.1, -0.05) is 35.9 Å². The fourth-order valence-corrected chi connectivity index (χ4v) is 5.62. The summed E-state index contributed by atoms with van der Waals surface area (Å²) in [6, 6.07) is 12.5. The number of hydrogen-bond acceptors (Lipinski definition) is 2. The SMILES string of the molecule is Cc1ccc(C)c2c1CC1(CCSCC1)C(=NCc1cccc(Cl)c1)N2. The van der Waals surface area contributed by atoms with Gasteiger partial charge in [-0.2, -0.15) is 11.8 Å². The first-order valence-corrected chi connectivity index (χ1v) is 10.8. The van der Waals surface area contributed by atoms with Gasteiger partial charge in [0.15, 0.2) is 0 Å². The predicted octanol–water partition coefficient (Wildman–Crippen LogP) is 6.04. The molecule has 0 amide bonds. The van der Waals surface area contributed by atoms with E-state index >= 15 is 0 Å². The maximum absolute atomic E-state index is 6.15. The second-order valence-corrected chi connectivity index (χ2v) is 9.20. The van der Waals surface area contributed by atoms with E-state index in [1.807, 2.05) is 18.2 Å². The molecule has 2 aromatic rings. The molecule has 2 aromatic carbocycles. The highest BCUT2D eigenvalue weighted by Crippen LogP contribution is 2.45. The van der Waals surface area contributed by atoms with Gasteiger partial charge in [0.25, 0.3) is 0 Å². The van der Waals surface area contributed by atoms with Gasteiger partial charge >= 0.3 is 0 Å². The monoisotopic (exact) mass is 384 g/mol. The summed E-state index contributed by atoms with van der Waals surface area (Å²) in [6.45, 7) is 5.10. The van der Waals surface area contributed by atoms with Crippen LogP contribution in [0.3, 0.4) is 0 Å². The highest BCUT2D eigenvalue weighted by atomic mass is 35.5. The van der Waals surface area contributed by atoms with Crippen LogP contribution in [0, 0.1) is 19.3 Å². The predicted molar refractivity (Wildman–Crippen MR) is 115 cm³/mol. The molecule has 0 atom stereocenters. The van der Waals surface area contributed by atoms with Gasteiger partial charge < -0.3 is 5.32 Å². The molecule has 26 heavy (non-hydrogen) atoms. The molecular formula is C22H25ClN2S. The quantitative estimate of drug-likeness (QED) is 0.682. The maximum atomic E-state index is 6.15. The average Bonchev–Trinajstić information content (AvgIpc) is 2.64. The maximum Gasteiger partial charge on any atom is 0.108 e. The molecule has 2 aliphatic rings. The largest absolute Gasteiger partial charge is 0.343 e. The number of nitrogens with zero attached hydrogens (tertiary/aromatic N) is 1. The smallest absolute Gasteiger partial charge is 0.108 e. The first-order chi connectivity index (χ1) is 12.6. The summed E-state index contributed by atoms with van der Waals surface area (Å²) in [4.78, 5) is 5.08. The third-order valence-corrected chi connectivity index (χ3v) is 7.00. The Morgan fingerprint density at radius 1 is 1.12 bits per heavy atom. The standard InChI is InChI=1S/C22H25ClN2S/c1-15-6-7-16(2)20-19(15)13-22(8-10-26-11-9-22)21(25-20)24-14-17-4-3-5-18(23)12-17/h3-7,12H,8-11,13-14H2,1-2H3,(H,24,25). The van der Waals surface area contributed by atoms with E-state index in [1.165, 1.54) is 58.1 Å². The zero-order valence-corrected chi connectivity index (χ0v) is 17.0. The summed E-state index contributed by atoms with van der Waals surface area (Å²) in [6.07, 6.45) is 3.51. The van der Waals surface area contributed by atoms with Gasteiger partial charge in [-0.25, -0.2) is 0 Å². The van der Waals surface area contributed by atoms with Crippen LogP contribution in [0.25, 0.3) is 0 Å². The molecule has 0 aliphatic carbocycles. The van der Waals surface area contributed by atoms with Gasteiger partial charge in [0.1, 0.15) is 5.84 Å². The Morgan fingerprint density at radius 3 is 2.65 bits per heavy atom. The van der Waals surface area contributed by atoms with Crippen molar-refractivity contribution < 1.29 is 0 Å². The van der Waals surface area contributed by atoms with Gasteiger partial charge in [-0.05, 0) is 79.0 Å². The lowest BCUT2D eigenvalue weighted by molar-refractivity contribution is 0.376. The molecule has 1 fully saturated rings. The molecule has 1 saturated heterocycles. The van der Waals surface area contributed by atoms with Crippen molar-refractivity contribution in [2.75, 3.05) is 16.8 Å². The lowest BCUT2D eigenvalue weighted by Gasteiger charge is -2.43. The third-order valence-electron chi connectivity index (χ3n) is 5.78. The second-order valence-electron chi connectivity index (χ2n) is 7.54. The van der Waals surface area contributed by atoms with Gasteiger partial charge in [0.05, 0.1) is 6.54 Å².